The van der Waals surface area contributed by atoms with Gasteiger partial charge in [-0.15, -0.1) is 11.3 Å². The molecule has 0 aliphatic heterocycles. The number of halogens is 1. The Kier molecular flexibility index (Phi) is 6.05. The summed E-state index contributed by atoms with van der Waals surface area (Å²) in [5.74, 6) is 0.101. The number of ketones is 1. The monoisotopic (exact) mass is 433 g/mol. The van der Waals surface area contributed by atoms with Crippen molar-refractivity contribution in [2.45, 2.75) is 31.6 Å². The molecule has 3 aromatic rings. The topological polar surface area (TPSA) is 77.2 Å². The number of thiophene rings is 1. The summed E-state index contributed by atoms with van der Waals surface area (Å²) in [6.07, 6.45) is 0.971. The van der Waals surface area contributed by atoms with Gasteiger partial charge in [0.1, 0.15) is 0 Å². The van der Waals surface area contributed by atoms with Crippen LogP contribution in [0.15, 0.2) is 53.4 Å². The van der Waals surface area contributed by atoms with Crippen LogP contribution < -0.4 is 5.14 Å². The van der Waals surface area contributed by atoms with Gasteiger partial charge in [0.15, 0.2) is 5.78 Å². The second-order valence-corrected chi connectivity index (χ2v) is 9.53. The smallest absolute Gasteiger partial charge is 0.238 e. The van der Waals surface area contributed by atoms with E-state index >= 15 is 0 Å². The third kappa shape index (κ3) is 4.36. The molecule has 0 saturated heterocycles. The Morgan fingerprint density at radius 1 is 1.07 bits per heavy atom. The van der Waals surface area contributed by atoms with Gasteiger partial charge in [-0.1, -0.05) is 42.8 Å². The lowest BCUT2D eigenvalue weighted by molar-refractivity contribution is 0.0991. The van der Waals surface area contributed by atoms with Crippen LogP contribution >= 0.6 is 22.9 Å². The lowest BCUT2D eigenvalue weighted by Gasteiger charge is -2.07. The van der Waals surface area contributed by atoms with Gasteiger partial charge in [-0.3, -0.25) is 4.79 Å². The van der Waals surface area contributed by atoms with Crippen molar-refractivity contribution in [3.05, 3.63) is 75.1 Å². The molecule has 0 unspecified atom stereocenters. The van der Waals surface area contributed by atoms with Gasteiger partial charge < -0.3 is 0 Å². The molecule has 0 fully saturated rings. The minimum absolute atomic E-state index is 0.0741. The van der Waals surface area contributed by atoms with Crippen molar-refractivity contribution in [3.8, 4) is 10.4 Å². The van der Waals surface area contributed by atoms with Crippen molar-refractivity contribution >= 4 is 38.7 Å². The Bertz CT molecular complexity index is 1120. The Balaban J connectivity index is 2.04. The predicted octanol–water partition coefficient (Wildman–Crippen LogP) is 5.21. The standard InChI is InChI=1S/C21H20ClNO3S2/c1-3-19(24)21-18(12-14-4-10-17(11-5-14)28(23,25)26)13(2)20(27-21)15-6-8-16(22)9-7-15/h4-11H,3,12H2,1-2H3,(H2,23,25,26). The normalized spacial score (nSPS) is 11.6. The van der Waals surface area contributed by atoms with E-state index in [0.717, 1.165) is 32.0 Å². The molecule has 0 amide bonds. The van der Waals surface area contributed by atoms with Crippen LogP contribution in [0.1, 0.15) is 39.7 Å². The van der Waals surface area contributed by atoms with E-state index in [1.54, 1.807) is 12.1 Å². The third-order valence-corrected chi connectivity index (χ3v) is 7.19. The molecule has 1 heterocycles. The molecule has 1 aromatic heterocycles. The van der Waals surface area contributed by atoms with Crippen molar-refractivity contribution in [1.29, 1.82) is 0 Å². The molecule has 28 heavy (non-hydrogen) atoms. The van der Waals surface area contributed by atoms with Gasteiger partial charge in [-0.05, 0) is 59.9 Å². The van der Waals surface area contributed by atoms with E-state index in [-0.39, 0.29) is 10.7 Å². The largest absolute Gasteiger partial charge is 0.293 e. The fourth-order valence-electron chi connectivity index (χ4n) is 3.02. The number of rotatable bonds is 6. The molecule has 0 bridgehead atoms. The number of sulfonamides is 1. The van der Waals surface area contributed by atoms with Crippen LogP contribution in [0, 0.1) is 6.92 Å². The lowest BCUT2D eigenvalue weighted by Crippen LogP contribution is -2.12. The van der Waals surface area contributed by atoms with Gasteiger partial charge in [0.25, 0.3) is 0 Å². The molecule has 7 heteroatoms. The lowest BCUT2D eigenvalue weighted by atomic mass is 9.97. The molecule has 0 atom stereocenters. The number of primary sulfonamides is 1. The molecule has 0 saturated carbocycles. The van der Waals surface area contributed by atoms with E-state index in [1.165, 1.54) is 23.5 Å². The summed E-state index contributed by atoms with van der Waals surface area (Å²) >= 11 is 7.49. The highest BCUT2D eigenvalue weighted by molar-refractivity contribution is 7.89. The average molecular weight is 434 g/mol. The maximum absolute atomic E-state index is 12.6. The molecule has 146 valence electrons. The molecule has 4 nitrogen and oxygen atoms in total. The molecular weight excluding hydrogens is 414 g/mol. The first-order chi connectivity index (χ1) is 13.2. The second-order valence-electron chi connectivity index (χ2n) is 6.51. The number of benzene rings is 2. The zero-order valence-corrected chi connectivity index (χ0v) is 17.9. The first kappa shape index (κ1) is 20.7. The fourth-order valence-corrected chi connectivity index (χ4v) is 5.01. The number of Topliss-reactive ketones (excluding diaryl/α,β-unsaturated/α-hetero) is 1. The number of hydrogen-bond acceptors (Lipinski definition) is 4. The second kappa shape index (κ2) is 8.17. The van der Waals surface area contributed by atoms with E-state index in [9.17, 15) is 13.2 Å². The summed E-state index contributed by atoms with van der Waals surface area (Å²) in [6, 6.07) is 14.0. The summed E-state index contributed by atoms with van der Waals surface area (Å²) < 4.78 is 22.9. The Hall–Kier alpha value is -1.99. The van der Waals surface area contributed by atoms with Gasteiger partial charge >= 0.3 is 0 Å². The van der Waals surface area contributed by atoms with E-state index in [2.05, 4.69) is 0 Å². The van der Waals surface area contributed by atoms with Crippen LogP contribution in [-0.4, -0.2) is 14.2 Å². The van der Waals surface area contributed by atoms with Crippen LogP contribution in [0.5, 0.6) is 0 Å². The quantitative estimate of drug-likeness (QED) is 0.542. The van der Waals surface area contributed by atoms with Gasteiger partial charge in [0.05, 0.1) is 9.77 Å². The van der Waals surface area contributed by atoms with Gasteiger partial charge in [0, 0.05) is 16.3 Å². The zero-order chi connectivity index (χ0) is 20.5. The Morgan fingerprint density at radius 2 is 1.68 bits per heavy atom. The van der Waals surface area contributed by atoms with E-state index in [1.807, 2.05) is 38.1 Å². The molecule has 0 radical (unpaired) electrons. The van der Waals surface area contributed by atoms with Crippen LogP contribution in [0.3, 0.4) is 0 Å². The van der Waals surface area contributed by atoms with Crippen LogP contribution in [0.2, 0.25) is 5.02 Å². The van der Waals surface area contributed by atoms with E-state index in [4.69, 9.17) is 16.7 Å². The minimum atomic E-state index is -3.72. The molecule has 3 rings (SSSR count). The number of carbonyl (C=O) groups excluding carboxylic acids is 1. The maximum atomic E-state index is 12.6. The van der Waals surface area contributed by atoms with Crippen LogP contribution in [-0.2, 0) is 16.4 Å². The molecule has 2 N–H and O–H groups in total. The highest BCUT2D eigenvalue weighted by atomic mass is 35.5. The number of nitrogens with two attached hydrogens (primary N) is 1. The summed E-state index contributed by atoms with van der Waals surface area (Å²) in [4.78, 5) is 14.4. The highest BCUT2D eigenvalue weighted by Crippen LogP contribution is 2.38. The van der Waals surface area contributed by atoms with Crippen LogP contribution in [0.25, 0.3) is 10.4 Å². The fraction of sp³-hybridized carbons (Fsp3) is 0.190. The van der Waals surface area contributed by atoms with E-state index in [0.29, 0.717) is 17.9 Å². The predicted molar refractivity (Wildman–Crippen MR) is 115 cm³/mol. The SMILES string of the molecule is CCC(=O)c1sc(-c2ccc(Cl)cc2)c(C)c1Cc1ccc(S(N)(=O)=O)cc1. The van der Waals surface area contributed by atoms with E-state index < -0.39 is 10.0 Å². The number of hydrogen-bond donors (Lipinski definition) is 1. The first-order valence-corrected chi connectivity index (χ1v) is 11.5. The van der Waals surface area contributed by atoms with Gasteiger partial charge in [-0.2, -0.15) is 0 Å². The van der Waals surface area contributed by atoms with Crippen molar-refractivity contribution in [3.63, 3.8) is 0 Å². The van der Waals surface area contributed by atoms with Crippen molar-refractivity contribution in [2.75, 3.05) is 0 Å². The third-order valence-electron chi connectivity index (χ3n) is 4.59. The summed E-state index contributed by atoms with van der Waals surface area (Å²) in [7, 11) is -3.72. The minimum Gasteiger partial charge on any atom is -0.293 e. The first-order valence-electron chi connectivity index (χ1n) is 8.74. The van der Waals surface area contributed by atoms with Crippen LogP contribution in [0.4, 0.5) is 0 Å². The summed E-state index contributed by atoms with van der Waals surface area (Å²) in [5.41, 5.74) is 3.97. The molecule has 0 aliphatic carbocycles. The molecule has 0 spiro atoms. The number of carbonyl (C=O) groups is 1. The molecule has 2 aromatic carbocycles. The summed E-state index contributed by atoms with van der Waals surface area (Å²) in [5, 5.41) is 5.83. The van der Waals surface area contributed by atoms with Crippen molar-refractivity contribution in [2.24, 2.45) is 5.14 Å². The molecule has 0 aliphatic rings. The highest BCUT2D eigenvalue weighted by Gasteiger charge is 2.20. The Morgan fingerprint density at radius 3 is 2.21 bits per heavy atom. The van der Waals surface area contributed by atoms with Crippen molar-refractivity contribution in [1.82, 2.24) is 0 Å². The summed E-state index contributed by atoms with van der Waals surface area (Å²) in [6.45, 7) is 3.87. The van der Waals surface area contributed by atoms with Crippen molar-refractivity contribution < 1.29 is 13.2 Å². The van der Waals surface area contributed by atoms with Gasteiger partial charge in [-0.25, -0.2) is 13.6 Å². The average Bonchev–Trinajstić information content (AvgIpc) is 2.98. The Labute approximate surface area is 174 Å². The zero-order valence-electron chi connectivity index (χ0n) is 15.5. The van der Waals surface area contributed by atoms with Gasteiger partial charge in [0.2, 0.25) is 10.0 Å². The maximum Gasteiger partial charge on any atom is 0.238 e. The molecular formula is C21H20ClNO3S2.